The fraction of sp³-hybridized carbons (Fsp3) is 0.190. The van der Waals surface area contributed by atoms with Crippen molar-refractivity contribution in [1.29, 1.82) is 0 Å². The van der Waals surface area contributed by atoms with E-state index in [9.17, 15) is 14.4 Å². The maximum absolute atomic E-state index is 12.5. The van der Waals surface area contributed by atoms with Crippen molar-refractivity contribution in [3.05, 3.63) is 70.6 Å². The summed E-state index contributed by atoms with van der Waals surface area (Å²) < 4.78 is 5.11. The second kappa shape index (κ2) is 9.23. The van der Waals surface area contributed by atoms with Crippen molar-refractivity contribution in [3.8, 4) is 5.75 Å². The van der Waals surface area contributed by atoms with Gasteiger partial charge in [0.25, 0.3) is 11.1 Å². The molecule has 28 heavy (non-hydrogen) atoms. The summed E-state index contributed by atoms with van der Waals surface area (Å²) in [5, 5.41) is 2.42. The first-order valence-electron chi connectivity index (χ1n) is 8.77. The molecule has 1 aliphatic rings. The number of rotatable bonds is 7. The van der Waals surface area contributed by atoms with Crippen LogP contribution in [0.25, 0.3) is 6.08 Å². The lowest BCUT2D eigenvalue weighted by Crippen LogP contribution is -2.37. The van der Waals surface area contributed by atoms with Gasteiger partial charge in [-0.3, -0.25) is 19.3 Å². The zero-order chi connectivity index (χ0) is 19.9. The lowest BCUT2D eigenvalue weighted by atomic mass is 10.1. The van der Waals surface area contributed by atoms with Gasteiger partial charge in [0.15, 0.2) is 0 Å². The third kappa shape index (κ3) is 5.01. The Morgan fingerprint density at radius 2 is 1.82 bits per heavy atom. The Morgan fingerprint density at radius 1 is 1.11 bits per heavy atom. The molecule has 7 heteroatoms. The van der Waals surface area contributed by atoms with E-state index in [1.165, 1.54) is 0 Å². The predicted molar refractivity (Wildman–Crippen MR) is 109 cm³/mol. The van der Waals surface area contributed by atoms with Crippen molar-refractivity contribution in [3.63, 3.8) is 0 Å². The van der Waals surface area contributed by atoms with Crippen LogP contribution in [-0.2, 0) is 16.0 Å². The average Bonchev–Trinajstić information content (AvgIpc) is 2.96. The van der Waals surface area contributed by atoms with E-state index in [-0.39, 0.29) is 36.6 Å². The largest absolute Gasteiger partial charge is 0.497 e. The summed E-state index contributed by atoms with van der Waals surface area (Å²) in [6.45, 7) is 0.366. The Balaban J connectivity index is 1.53. The van der Waals surface area contributed by atoms with Crippen molar-refractivity contribution in [1.82, 2.24) is 10.2 Å². The fourth-order valence-corrected chi connectivity index (χ4v) is 3.56. The second-order valence-corrected chi connectivity index (χ2v) is 7.11. The van der Waals surface area contributed by atoms with Crippen molar-refractivity contribution in [2.75, 3.05) is 20.2 Å². The number of imide groups is 1. The van der Waals surface area contributed by atoms with Gasteiger partial charge >= 0.3 is 0 Å². The molecule has 1 aliphatic heterocycles. The summed E-state index contributed by atoms with van der Waals surface area (Å²) in [5.41, 5.74) is 1.72. The number of nitrogens with zero attached hydrogens (tertiary/aromatic N) is 1. The quantitative estimate of drug-likeness (QED) is 0.728. The molecule has 144 valence electrons. The van der Waals surface area contributed by atoms with Crippen LogP contribution >= 0.6 is 11.8 Å². The zero-order valence-electron chi connectivity index (χ0n) is 15.4. The molecule has 0 aliphatic carbocycles. The van der Waals surface area contributed by atoms with Gasteiger partial charge in [0.2, 0.25) is 5.91 Å². The van der Waals surface area contributed by atoms with Crippen molar-refractivity contribution in [2.45, 2.75) is 6.42 Å². The Morgan fingerprint density at radius 3 is 2.50 bits per heavy atom. The zero-order valence-corrected chi connectivity index (χ0v) is 16.2. The van der Waals surface area contributed by atoms with Crippen LogP contribution in [0, 0.1) is 0 Å². The Bertz CT molecular complexity index is 894. The number of amides is 3. The van der Waals surface area contributed by atoms with E-state index in [0.717, 1.165) is 33.5 Å². The fourth-order valence-electron chi connectivity index (χ4n) is 2.70. The molecule has 1 fully saturated rings. The number of benzene rings is 2. The molecule has 1 N–H and O–H groups in total. The minimum Gasteiger partial charge on any atom is -0.497 e. The maximum atomic E-state index is 12.5. The molecule has 0 atom stereocenters. The SMILES string of the molecule is COc1ccc(/C=C2/SC(=O)N(CCNC(=O)Cc3ccccc3)C2=O)cc1. The van der Waals surface area contributed by atoms with Crippen LogP contribution in [0.15, 0.2) is 59.5 Å². The molecule has 0 bridgehead atoms. The predicted octanol–water partition coefficient (Wildman–Crippen LogP) is 3.09. The molecule has 0 unspecified atom stereocenters. The number of ether oxygens (including phenoxy) is 1. The summed E-state index contributed by atoms with van der Waals surface area (Å²) in [7, 11) is 1.58. The monoisotopic (exact) mass is 396 g/mol. The third-order valence-electron chi connectivity index (χ3n) is 4.15. The molecule has 0 saturated carbocycles. The van der Waals surface area contributed by atoms with Gasteiger partial charge in [-0.15, -0.1) is 0 Å². The highest BCUT2D eigenvalue weighted by Crippen LogP contribution is 2.32. The van der Waals surface area contributed by atoms with Crippen molar-refractivity contribution >= 4 is 34.9 Å². The van der Waals surface area contributed by atoms with E-state index in [2.05, 4.69) is 5.32 Å². The van der Waals surface area contributed by atoms with Gasteiger partial charge in [-0.25, -0.2) is 0 Å². The number of carbonyl (C=O) groups excluding carboxylic acids is 3. The van der Waals surface area contributed by atoms with E-state index in [0.29, 0.717) is 4.91 Å². The van der Waals surface area contributed by atoms with Gasteiger partial charge in [0.1, 0.15) is 5.75 Å². The number of carbonyl (C=O) groups is 3. The van der Waals surface area contributed by atoms with Gasteiger partial charge in [0, 0.05) is 13.1 Å². The summed E-state index contributed by atoms with van der Waals surface area (Å²) in [6.07, 6.45) is 1.94. The van der Waals surface area contributed by atoms with Gasteiger partial charge < -0.3 is 10.1 Å². The molecule has 2 aromatic rings. The van der Waals surface area contributed by atoms with Crippen LogP contribution in [0.4, 0.5) is 4.79 Å². The first kappa shape index (κ1) is 19.7. The average molecular weight is 396 g/mol. The lowest BCUT2D eigenvalue weighted by Gasteiger charge is -2.13. The number of hydrogen-bond donors (Lipinski definition) is 1. The van der Waals surface area contributed by atoms with E-state index < -0.39 is 0 Å². The maximum Gasteiger partial charge on any atom is 0.293 e. The number of nitrogens with one attached hydrogen (secondary N) is 1. The number of hydrogen-bond acceptors (Lipinski definition) is 5. The first-order chi connectivity index (χ1) is 13.6. The Kier molecular flexibility index (Phi) is 6.49. The molecule has 6 nitrogen and oxygen atoms in total. The number of methoxy groups -OCH3 is 1. The molecule has 2 aromatic carbocycles. The minimum absolute atomic E-state index is 0.144. The standard InChI is InChI=1S/C21H20N2O4S/c1-27-17-9-7-16(8-10-17)13-18-20(25)23(21(26)28-18)12-11-22-19(24)14-15-5-3-2-4-6-15/h2-10,13H,11-12,14H2,1H3,(H,22,24)/b18-13+. The van der Waals surface area contributed by atoms with Crippen molar-refractivity contribution in [2.24, 2.45) is 0 Å². The van der Waals surface area contributed by atoms with Gasteiger partial charge in [-0.2, -0.15) is 0 Å². The van der Waals surface area contributed by atoms with Gasteiger partial charge in [-0.05, 0) is 41.1 Å². The normalized spacial score (nSPS) is 15.2. The van der Waals surface area contributed by atoms with Crippen LogP contribution in [0.1, 0.15) is 11.1 Å². The van der Waals surface area contributed by atoms with Crippen LogP contribution < -0.4 is 10.1 Å². The molecule has 0 aromatic heterocycles. The third-order valence-corrected chi connectivity index (χ3v) is 5.06. The molecule has 0 radical (unpaired) electrons. The van der Waals surface area contributed by atoms with Crippen molar-refractivity contribution < 1.29 is 19.1 Å². The summed E-state index contributed by atoms with van der Waals surface area (Å²) in [4.78, 5) is 38.1. The van der Waals surface area contributed by atoms with Crippen LogP contribution in [0.5, 0.6) is 5.75 Å². The smallest absolute Gasteiger partial charge is 0.293 e. The van der Waals surface area contributed by atoms with E-state index in [1.807, 2.05) is 42.5 Å². The van der Waals surface area contributed by atoms with E-state index in [1.54, 1.807) is 25.3 Å². The Labute approximate surface area is 167 Å². The van der Waals surface area contributed by atoms with Gasteiger partial charge in [-0.1, -0.05) is 42.5 Å². The lowest BCUT2D eigenvalue weighted by molar-refractivity contribution is -0.124. The van der Waals surface area contributed by atoms with E-state index in [4.69, 9.17) is 4.74 Å². The molecular formula is C21H20N2O4S. The summed E-state index contributed by atoms with van der Waals surface area (Å²) in [5.74, 6) is 0.228. The van der Waals surface area contributed by atoms with Crippen LogP contribution in [-0.4, -0.2) is 42.2 Å². The van der Waals surface area contributed by atoms with Crippen LogP contribution in [0.3, 0.4) is 0 Å². The molecule has 3 amide bonds. The molecule has 1 saturated heterocycles. The summed E-state index contributed by atoms with van der Waals surface area (Å²) in [6, 6.07) is 16.6. The van der Waals surface area contributed by atoms with Gasteiger partial charge in [0.05, 0.1) is 18.4 Å². The molecule has 0 spiro atoms. The van der Waals surface area contributed by atoms with Crippen LogP contribution in [0.2, 0.25) is 0 Å². The minimum atomic E-state index is -0.344. The number of thioether (sulfide) groups is 1. The molecular weight excluding hydrogens is 376 g/mol. The molecule has 3 rings (SSSR count). The highest BCUT2D eigenvalue weighted by molar-refractivity contribution is 8.18. The topological polar surface area (TPSA) is 75.7 Å². The highest BCUT2D eigenvalue weighted by Gasteiger charge is 2.34. The molecule has 1 heterocycles. The van der Waals surface area contributed by atoms with E-state index >= 15 is 0 Å². The second-order valence-electron chi connectivity index (χ2n) is 6.12. The first-order valence-corrected chi connectivity index (χ1v) is 9.58. The summed E-state index contributed by atoms with van der Waals surface area (Å²) >= 11 is 0.903. The Hall–Kier alpha value is -3.06. The highest BCUT2D eigenvalue weighted by atomic mass is 32.2.